The number of aromatic nitrogens is 2. The van der Waals surface area contributed by atoms with Gasteiger partial charge >= 0.3 is 5.97 Å². The highest BCUT2D eigenvalue weighted by molar-refractivity contribution is 7.18. The van der Waals surface area contributed by atoms with Gasteiger partial charge in [0, 0.05) is 4.88 Å². The molecule has 2 aromatic rings. The number of hydrogen-bond donors (Lipinski definition) is 1. The molecule has 1 fully saturated rings. The van der Waals surface area contributed by atoms with Crippen molar-refractivity contribution in [2.24, 2.45) is 11.8 Å². The molecule has 21 heavy (non-hydrogen) atoms. The summed E-state index contributed by atoms with van der Waals surface area (Å²) in [5, 5.41) is 0.635. The number of esters is 1. The summed E-state index contributed by atoms with van der Waals surface area (Å²) < 4.78 is 5.40. The van der Waals surface area contributed by atoms with E-state index in [9.17, 15) is 9.59 Å². The monoisotopic (exact) mass is 306 g/mol. The summed E-state index contributed by atoms with van der Waals surface area (Å²) in [4.78, 5) is 33.0. The van der Waals surface area contributed by atoms with Gasteiger partial charge in [0.2, 0.25) is 0 Å². The molecule has 112 valence electrons. The summed E-state index contributed by atoms with van der Waals surface area (Å²) >= 11 is 1.49. The van der Waals surface area contributed by atoms with E-state index < -0.39 is 6.10 Å². The van der Waals surface area contributed by atoms with Gasteiger partial charge < -0.3 is 9.72 Å². The average molecular weight is 306 g/mol. The summed E-state index contributed by atoms with van der Waals surface area (Å²) in [6.45, 7) is 7.66. The summed E-state index contributed by atoms with van der Waals surface area (Å²) in [5.41, 5.74) is 0.797. The smallest absolute Gasteiger partial charge is 0.309 e. The van der Waals surface area contributed by atoms with Gasteiger partial charge in [-0.2, -0.15) is 0 Å². The van der Waals surface area contributed by atoms with Crippen LogP contribution in [0.1, 0.15) is 42.6 Å². The number of thiophene rings is 1. The summed E-state index contributed by atoms with van der Waals surface area (Å²) in [6.07, 6.45) is 0.350. The lowest BCUT2D eigenvalue weighted by Crippen LogP contribution is -2.18. The summed E-state index contributed by atoms with van der Waals surface area (Å²) in [5.74, 6) is 0.627. The second-order valence-corrected chi connectivity index (χ2v) is 7.02. The number of aryl methyl sites for hydroxylation is 2. The highest BCUT2D eigenvalue weighted by atomic mass is 32.1. The summed E-state index contributed by atoms with van der Waals surface area (Å²) in [7, 11) is 0. The highest BCUT2D eigenvalue weighted by Crippen LogP contribution is 2.39. The predicted octanol–water partition coefficient (Wildman–Crippen LogP) is 2.86. The van der Waals surface area contributed by atoms with Gasteiger partial charge in [-0.25, -0.2) is 4.98 Å². The second-order valence-electron chi connectivity index (χ2n) is 5.81. The molecule has 0 amide bonds. The van der Waals surface area contributed by atoms with Gasteiger partial charge in [-0.15, -0.1) is 11.3 Å². The van der Waals surface area contributed by atoms with Crippen LogP contribution in [0.5, 0.6) is 0 Å². The van der Waals surface area contributed by atoms with Crippen LogP contribution in [0.2, 0.25) is 0 Å². The number of carbonyl (C=O) groups is 1. The fraction of sp³-hybridized carbons (Fsp3) is 0.533. The lowest BCUT2D eigenvalue weighted by molar-refractivity contribution is -0.150. The molecule has 0 radical (unpaired) electrons. The molecule has 0 bridgehead atoms. The van der Waals surface area contributed by atoms with E-state index >= 15 is 0 Å². The number of aromatic amines is 1. The van der Waals surface area contributed by atoms with Crippen molar-refractivity contribution in [2.45, 2.75) is 40.2 Å². The van der Waals surface area contributed by atoms with Crippen molar-refractivity contribution >= 4 is 27.5 Å². The van der Waals surface area contributed by atoms with Crippen molar-refractivity contribution in [3.8, 4) is 0 Å². The van der Waals surface area contributed by atoms with Crippen molar-refractivity contribution in [1.82, 2.24) is 9.97 Å². The van der Waals surface area contributed by atoms with Crippen molar-refractivity contribution in [3.05, 3.63) is 26.6 Å². The Bertz CT molecular complexity index is 777. The fourth-order valence-corrected chi connectivity index (χ4v) is 3.47. The highest BCUT2D eigenvalue weighted by Gasteiger charge is 2.41. The van der Waals surface area contributed by atoms with Gasteiger partial charge in [-0.1, -0.05) is 6.92 Å². The van der Waals surface area contributed by atoms with Crippen LogP contribution in [0.25, 0.3) is 10.2 Å². The minimum Gasteiger partial charge on any atom is -0.454 e. The molecule has 6 heteroatoms. The minimum absolute atomic E-state index is 0.00845. The Kier molecular flexibility index (Phi) is 3.36. The Morgan fingerprint density at radius 1 is 1.48 bits per heavy atom. The van der Waals surface area contributed by atoms with Crippen LogP contribution in [-0.4, -0.2) is 15.9 Å². The molecule has 2 aromatic heterocycles. The van der Waals surface area contributed by atoms with Crippen LogP contribution in [-0.2, 0) is 9.53 Å². The molecule has 0 unspecified atom stereocenters. The SMILES string of the molecule is Cc1sc2nc([C@H](C)OC(=O)[C@H]3C[C@@H]3C)[nH]c(=O)c2c1C. The van der Waals surface area contributed by atoms with E-state index in [1.165, 1.54) is 11.3 Å². The van der Waals surface area contributed by atoms with Crippen molar-refractivity contribution in [1.29, 1.82) is 0 Å². The molecule has 1 aliphatic carbocycles. The maximum absolute atomic E-state index is 12.2. The van der Waals surface area contributed by atoms with Crippen LogP contribution in [0.3, 0.4) is 0 Å². The Labute approximate surface area is 126 Å². The number of nitrogens with one attached hydrogen (secondary N) is 1. The normalized spacial score (nSPS) is 22.3. The molecule has 3 rings (SSSR count). The van der Waals surface area contributed by atoms with Crippen molar-refractivity contribution in [3.63, 3.8) is 0 Å². The first-order chi connectivity index (χ1) is 9.88. The van der Waals surface area contributed by atoms with Gasteiger partial charge in [0.25, 0.3) is 5.56 Å². The zero-order chi connectivity index (χ0) is 15.3. The van der Waals surface area contributed by atoms with Crippen LogP contribution < -0.4 is 5.56 Å². The molecular formula is C15H18N2O3S. The topological polar surface area (TPSA) is 72.0 Å². The minimum atomic E-state index is -0.537. The zero-order valence-electron chi connectivity index (χ0n) is 12.5. The summed E-state index contributed by atoms with van der Waals surface area (Å²) in [6, 6.07) is 0. The quantitative estimate of drug-likeness (QED) is 0.885. The third-order valence-corrected chi connectivity index (χ3v) is 5.25. The molecule has 5 nitrogen and oxygen atoms in total. The predicted molar refractivity (Wildman–Crippen MR) is 81.5 cm³/mol. The molecule has 0 saturated heterocycles. The lowest BCUT2D eigenvalue weighted by atomic mass is 10.2. The van der Waals surface area contributed by atoms with Gasteiger partial charge in [-0.05, 0) is 38.7 Å². The Morgan fingerprint density at radius 3 is 2.76 bits per heavy atom. The average Bonchev–Trinajstić information content (AvgIpc) is 3.07. The molecule has 0 aromatic carbocycles. The number of rotatable bonds is 3. The molecule has 3 atom stereocenters. The largest absolute Gasteiger partial charge is 0.454 e. The first kappa shape index (κ1) is 14.3. The van der Waals surface area contributed by atoms with Crippen LogP contribution in [0.4, 0.5) is 0 Å². The standard InChI is InChI=1S/C15H18N2O3S/c1-6-5-10(6)15(19)20-8(3)12-16-13(18)11-7(2)9(4)21-14(11)17-12/h6,8,10H,5H2,1-4H3,(H,16,17,18)/t6-,8-,10-/m0/s1. The van der Waals surface area contributed by atoms with Gasteiger partial charge in [-0.3, -0.25) is 9.59 Å². The van der Waals surface area contributed by atoms with Gasteiger partial charge in [0.05, 0.1) is 11.3 Å². The van der Waals surface area contributed by atoms with E-state index in [4.69, 9.17) is 4.74 Å². The van der Waals surface area contributed by atoms with Crippen LogP contribution >= 0.6 is 11.3 Å². The first-order valence-electron chi connectivity index (χ1n) is 7.09. The van der Waals surface area contributed by atoms with E-state index in [1.807, 2.05) is 20.8 Å². The van der Waals surface area contributed by atoms with Gasteiger partial charge in [0.15, 0.2) is 11.9 Å². The third-order valence-electron chi connectivity index (χ3n) is 4.15. The number of nitrogens with zero attached hydrogens (tertiary/aromatic N) is 1. The third kappa shape index (κ3) is 2.48. The van der Waals surface area contributed by atoms with E-state index in [-0.39, 0.29) is 17.4 Å². The van der Waals surface area contributed by atoms with E-state index in [2.05, 4.69) is 9.97 Å². The Morgan fingerprint density at radius 2 is 2.14 bits per heavy atom. The lowest BCUT2D eigenvalue weighted by Gasteiger charge is -2.12. The van der Waals surface area contributed by atoms with E-state index in [0.29, 0.717) is 22.0 Å². The molecule has 1 N–H and O–H groups in total. The molecule has 1 aliphatic rings. The number of fused-ring (bicyclic) bond motifs is 1. The van der Waals surface area contributed by atoms with Crippen molar-refractivity contribution < 1.29 is 9.53 Å². The Hall–Kier alpha value is -1.69. The van der Waals surface area contributed by atoms with Gasteiger partial charge in [0.1, 0.15) is 4.83 Å². The van der Waals surface area contributed by atoms with Crippen molar-refractivity contribution in [2.75, 3.05) is 0 Å². The fourth-order valence-electron chi connectivity index (χ4n) is 2.43. The van der Waals surface area contributed by atoms with Crippen LogP contribution in [0, 0.1) is 25.7 Å². The van der Waals surface area contributed by atoms with E-state index in [0.717, 1.165) is 16.9 Å². The molecule has 2 heterocycles. The number of carbonyl (C=O) groups excluding carboxylic acids is 1. The molecular weight excluding hydrogens is 288 g/mol. The number of H-pyrrole nitrogens is 1. The number of ether oxygens (including phenoxy) is 1. The molecule has 0 spiro atoms. The zero-order valence-corrected chi connectivity index (χ0v) is 13.3. The Balaban J connectivity index is 1.90. The maximum atomic E-state index is 12.2. The van der Waals surface area contributed by atoms with E-state index in [1.54, 1.807) is 6.92 Å². The maximum Gasteiger partial charge on any atom is 0.309 e. The first-order valence-corrected chi connectivity index (χ1v) is 7.90. The second kappa shape index (κ2) is 4.94. The molecule has 1 saturated carbocycles. The molecule has 0 aliphatic heterocycles. The van der Waals surface area contributed by atoms with Crippen LogP contribution in [0.15, 0.2) is 4.79 Å². The number of hydrogen-bond acceptors (Lipinski definition) is 5.